The molecule has 184 valence electrons. The van der Waals surface area contributed by atoms with Gasteiger partial charge in [-0.2, -0.15) is 31.6 Å². The molecule has 12 heteroatoms. The molecule has 0 saturated heterocycles. The van der Waals surface area contributed by atoms with Crippen LogP contribution in [0.1, 0.15) is 35.0 Å². The van der Waals surface area contributed by atoms with E-state index in [0.29, 0.717) is 32.7 Å². The molecule has 1 aromatic heterocycles. The molecule has 0 aliphatic carbocycles. The number of hydrogen-bond acceptors (Lipinski definition) is 3. The van der Waals surface area contributed by atoms with Gasteiger partial charge in [-0.05, 0) is 58.6 Å². The van der Waals surface area contributed by atoms with Crippen molar-refractivity contribution >= 4 is 21.8 Å². The summed E-state index contributed by atoms with van der Waals surface area (Å²) < 4.78 is 86.5. The zero-order valence-electron chi connectivity index (χ0n) is 18.4. The van der Waals surface area contributed by atoms with Crippen molar-refractivity contribution < 1.29 is 35.9 Å². The normalized spacial score (nSPS) is 15.1. The minimum Gasteiger partial charge on any atom is -0.496 e. The molecule has 0 fully saturated rings. The highest BCUT2D eigenvalue weighted by Crippen LogP contribution is 2.42. The lowest BCUT2D eigenvalue weighted by molar-refractivity contribution is -0.150. The molecular formula is C22H20BrF6N3O2. The number of fused-ring (bicyclic) bond motifs is 3. The molecule has 0 unspecified atom stereocenters. The van der Waals surface area contributed by atoms with Gasteiger partial charge in [0.1, 0.15) is 17.0 Å². The number of aryl methyl sites for hydroxylation is 1. The first-order chi connectivity index (χ1) is 15.6. The lowest BCUT2D eigenvalue weighted by atomic mass is 9.95. The SMILES string of the molecule is COc1cc2c(cc1Br)-c1c(CC(F)(F)F)cc(C(=O)N(C)[C@](C)(C#N)CC(F)(F)F)n1CC2. The molecule has 0 N–H and O–H groups in total. The largest absolute Gasteiger partial charge is 0.496 e. The second kappa shape index (κ2) is 8.83. The first kappa shape index (κ1) is 25.9. The molecule has 1 aliphatic rings. The second-order valence-electron chi connectivity index (χ2n) is 8.28. The van der Waals surface area contributed by atoms with E-state index in [0.717, 1.165) is 20.0 Å². The Kier molecular flexibility index (Phi) is 6.74. The van der Waals surface area contributed by atoms with Crippen LogP contribution in [0.4, 0.5) is 26.3 Å². The number of ether oxygens (including phenoxy) is 1. The number of rotatable bonds is 5. The van der Waals surface area contributed by atoms with Crippen LogP contribution in [-0.2, 0) is 19.4 Å². The average Bonchev–Trinajstić information content (AvgIpc) is 3.07. The maximum atomic E-state index is 13.4. The first-order valence-electron chi connectivity index (χ1n) is 10.0. The summed E-state index contributed by atoms with van der Waals surface area (Å²) in [4.78, 5) is 13.9. The van der Waals surface area contributed by atoms with Gasteiger partial charge in [0.05, 0.1) is 36.2 Å². The Morgan fingerprint density at radius 1 is 1.21 bits per heavy atom. The van der Waals surface area contributed by atoms with Gasteiger partial charge in [0, 0.05) is 19.2 Å². The van der Waals surface area contributed by atoms with Crippen molar-refractivity contribution in [2.75, 3.05) is 14.2 Å². The Bertz CT molecular complexity index is 1170. The van der Waals surface area contributed by atoms with Crippen LogP contribution in [0.2, 0.25) is 0 Å². The lowest BCUT2D eigenvalue weighted by Crippen LogP contribution is -2.49. The highest BCUT2D eigenvalue weighted by Gasteiger charge is 2.45. The Morgan fingerprint density at radius 3 is 2.38 bits per heavy atom. The summed E-state index contributed by atoms with van der Waals surface area (Å²) in [5.74, 6) is -0.483. The molecule has 1 aliphatic heterocycles. The predicted molar refractivity (Wildman–Crippen MR) is 114 cm³/mol. The standard InChI is InChI=1S/C22H20BrF6N3O2/c1-20(11-30,10-22(27,28)29)31(2)19(33)16-6-13(9-21(24,25)26)18-14-8-15(23)17(34-3)7-12(14)4-5-32(16)18/h6-8H,4-5,9-10H2,1-3H3/t20-/m0/s1. The van der Waals surface area contributed by atoms with Gasteiger partial charge in [-0.3, -0.25) is 4.79 Å². The fourth-order valence-corrected chi connectivity index (χ4v) is 4.62. The Hall–Kier alpha value is -2.68. The predicted octanol–water partition coefficient (Wildman–Crippen LogP) is 5.89. The summed E-state index contributed by atoms with van der Waals surface area (Å²) in [7, 11) is 2.49. The smallest absolute Gasteiger partial charge is 0.393 e. The van der Waals surface area contributed by atoms with E-state index in [1.54, 1.807) is 12.1 Å². The van der Waals surface area contributed by atoms with Crippen molar-refractivity contribution in [3.05, 3.63) is 39.5 Å². The molecule has 0 radical (unpaired) electrons. The van der Waals surface area contributed by atoms with Crippen LogP contribution in [0.25, 0.3) is 11.3 Å². The number of aromatic nitrogens is 1. The molecule has 1 amide bonds. The van der Waals surface area contributed by atoms with Crippen LogP contribution in [0, 0.1) is 11.3 Å². The summed E-state index contributed by atoms with van der Waals surface area (Å²) in [6.07, 6.45) is -11.9. The van der Waals surface area contributed by atoms with Crippen molar-refractivity contribution in [3.8, 4) is 23.1 Å². The highest BCUT2D eigenvalue weighted by molar-refractivity contribution is 9.10. The zero-order chi connectivity index (χ0) is 25.6. The van der Waals surface area contributed by atoms with Gasteiger partial charge in [-0.25, -0.2) is 0 Å². The first-order valence-corrected chi connectivity index (χ1v) is 10.8. The Labute approximate surface area is 200 Å². The third-order valence-corrected chi connectivity index (χ3v) is 6.47. The quantitative estimate of drug-likeness (QED) is 0.435. The molecule has 2 heterocycles. The van der Waals surface area contributed by atoms with Gasteiger partial charge >= 0.3 is 12.4 Å². The van der Waals surface area contributed by atoms with E-state index < -0.39 is 36.6 Å². The number of nitrogens with zero attached hydrogens (tertiary/aromatic N) is 3. The van der Waals surface area contributed by atoms with E-state index >= 15 is 0 Å². The number of halogens is 7. The third-order valence-electron chi connectivity index (χ3n) is 5.85. The number of amides is 1. The van der Waals surface area contributed by atoms with Gasteiger partial charge in [0.15, 0.2) is 0 Å². The van der Waals surface area contributed by atoms with E-state index in [-0.39, 0.29) is 23.5 Å². The number of alkyl halides is 6. The maximum Gasteiger partial charge on any atom is 0.393 e. The fourth-order valence-electron chi connectivity index (χ4n) is 4.11. The van der Waals surface area contributed by atoms with Gasteiger partial charge in [0.2, 0.25) is 0 Å². The molecular weight excluding hydrogens is 532 g/mol. The average molecular weight is 552 g/mol. The third kappa shape index (κ3) is 5.04. The number of nitriles is 1. The molecule has 0 spiro atoms. The van der Waals surface area contributed by atoms with E-state index in [4.69, 9.17) is 4.74 Å². The van der Waals surface area contributed by atoms with Gasteiger partial charge in [0.25, 0.3) is 5.91 Å². The summed E-state index contributed by atoms with van der Waals surface area (Å²) >= 11 is 3.32. The van der Waals surface area contributed by atoms with E-state index in [9.17, 15) is 36.4 Å². The summed E-state index contributed by atoms with van der Waals surface area (Å²) in [6.45, 7) is 1.09. The second-order valence-corrected chi connectivity index (χ2v) is 9.14. The number of benzene rings is 1. The van der Waals surface area contributed by atoms with Crippen LogP contribution in [0.3, 0.4) is 0 Å². The minimum atomic E-state index is -4.73. The minimum absolute atomic E-state index is 0.127. The molecule has 0 bridgehead atoms. The maximum absolute atomic E-state index is 13.4. The number of methoxy groups -OCH3 is 1. The summed E-state index contributed by atoms with van der Waals surface area (Å²) in [5, 5.41) is 9.40. The molecule has 1 aromatic carbocycles. The molecule has 2 aromatic rings. The molecule has 3 rings (SSSR count). The van der Waals surface area contributed by atoms with E-state index in [1.165, 1.54) is 17.7 Å². The molecule has 34 heavy (non-hydrogen) atoms. The van der Waals surface area contributed by atoms with Crippen LogP contribution in [0.15, 0.2) is 22.7 Å². The Morgan fingerprint density at radius 2 is 1.85 bits per heavy atom. The van der Waals surface area contributed by atoms with Gasteiger partial charge in [-0.15, -0.1) is 0 Å². The molecule has 1 atom stereocenters. The van der Waals surface area contributed by atoms with Crippen molar-refractivity contribution in [2.24, 2.45) is 0 Å². The monoisotopic (exact) mass is 551 g/mol. The lowest BCUT2D eigenvalue weighted by Gasteiger charge is -2.34. The van der Waals surface area contributed by atoms with Gasteiger partial charge in [-0.1, -0.05) is 0 Å². The zero-order valence-corrected chi connectivity index (χ0v) is 20.0. The summed E-state index contributed by atoms with van der Waals surface area (Å²) in [6, 6.07) is 5.87. The number of carbonyl (C=O) groups is 1. The van der Waals surface area contributed by atoms with Crippen LogP contribution in [0.5, 0.6) is 5.75 Å². The van der Waals surface area contributed by atoms with Crippen molar-refractivity contribution in [3.63, 3.8) is 0 Å². The Balaban J connectivity index is 2.16. The number of hydrogen-bond donors (Lipinski definition) is 0. The number of carbonyl (C=O) groups excluding carboxylic acids is 1. The van der Waals surface area contributed by atoms with Crippen molar-refractivity contribution in [2.45, 2.75) is 50.6 Å². The molecule has 5 nitrogen and oxygen atoms in total. The molecule has 0 saturated carbocycles. The fraction of sp³-hybridized carbons (Fsp3) is 0.455. The van der Waals surface area contributed by atoms with Crippen LogP contribution < -0.4 is 4.74 Å². The van der Waals surface area contributed by atoms with E-state index in [1.807, 2.05) is 0 Å². The summed E-state index contributed by atoms with van der Waals surface area (Å²) in [5.41, 5.74) is -1.31. The topological polar surface area (TPSA) is 58.3 Å². The van der Waals surface area contributed by atoms with E-state index in [2.05, 4.69) is 15.9 Å². The highest BCUT2D eigenvalue weighted by atomic mass is 79.9. The van der Waals surface area contributed by atoms with Crippen LogP contribution in [-0.4, -0.2) is 47.4 Å². The van der Waals surface area contributed by atoms with Gasteiger partial charge < -0.3 is 14.2 Å². The van der Waals surface area contributed by atoms with Crippen molar-refractivity contribution in [1.82, 2.24) is 9.47 Å². The van der Waals surface area contributed by atoms with Crippen molar-refractivity contribution in [1.29, 1.82) is 5.26 Å². The van der Waals surface area contributed by atoms with Crippen LogP contribution >= 0.6 is 15.9 Å².